The number of halogens is 1. The van der Waals surface area contributed by atoms with Gasteiger partial charge in [-0.3, -0.25) is 0 Å². The Labute approximate surface area is 113 Å². The highest BCUT2D eigenvalue weighted by atomic mass is 35.5. The van der Waals surface area contributed by atoms with Crippen LogP contribution in [0, 0.1) is 6.92 Å². The number of rotatable bonds is 3. The lowest BCUT2D eigenvalue weighted by Crippen LogP contribution is -2.65. The summed E-state index contributed by atoms with van der Waals surface area (Å²) in [6, 6.07) is 3.93. The van der Waals surface area contributed by atoms with E-state index in [0.717, 1.165) is 11.1 Å². The quantitative estimate of drug-likeness (QED) is 0.918. The minimum absolute atomic E-state index is 0.160. The molecule has 1 heterocycles. The van der Waals surface area contributed by atoms with Gasteiger partial charge in [-0.05, 0) is 44.0 Å². The Bertz CT molecular complexity index is 462. The average Bonchev–Trinajstić information content (AvgIpc) is 2.18. The summed E-state index contributed by atoms with van der Waals surface area (Å²) in [5.74, 6) is 0.697. The maximum Gasteiger partial charge on any atom is 0.137 e. The largest absolute Gasteiger partial charge is 0.495 e. The fourth-order valence-electron chi connectivity index (χ4n) is 2.51. The molecule has 0 atom stereocenters. The van der Waals surface area contributed by atoms with Crippen LogP contribution in [0.1, 0.15) is 25.0 Å². The van der Waals surface area contributed by atoms with E-state index in [2.05, 4.69) is 6.92 Å². The summed E-state index contributed by atoms with van der Waals surface area (Å²) in [4.78, 5) is 0. The summed E-state index contributed by atoms with van der Waals surface area (Å²) in [6.07, 6.45) is 0. The highest BCUT2D eigenvalue weighted by molar-refractivity contribution is 6.32. The number of aryl methyl sites for hydroxylation is 1. The van der Waals surface area contributed by atoms with Crippen molar-refractivity contribution in [3.05, 3.63) is 28.3 Å². The Morgan fingerprint density at radius 2 is 2.00 bits per heavy atom. The standard InChI is InChI=1S/C14H20ClNO2/c1-9-5-12(17-4)11(15)6-10(9)14(7-18-8-14)13(2,3)16/h5-6H,7-8,16H2,1-4H3. The summed E-state index contributed by atoms with van der Waals surface area (Å²) in [5, 5.41) is 0.619. The number of hydrogen-bond donors (Lipinski definition) is 1. The topological polar surface area (TPSA) is 44.5 Å². The molecule has 1 aromatic rings. The molecule has 0 aliphatic carbocycles. The second-order valence-corrected chi connectivity index (χ2v) is 6.01. The zero-order valence-corrected chi connectivity index (χ0v) is 12.1. The monoisotopic (exact) mass is 269 g/mol. The van der Waals surface area contributed by atoms with E-state index in [-0.39, 0.29) is 11.0 Å². The number of nitrogens with two attached hydrogens (primary N) is 1. The Balaban J connectivity index is 2.54. The molecular weight excluding hydrogens is 250 g/mol. The fourth-order valence-corrected chi connectivity index (χ4v) is 2.75. The molecule has 0 saturated carbocycles. The van der Waals surface area contributed by atoms with Crippen molar-refractivity contribution in [3.63, 3.8) is 0 Å². The summed E-state index contributed by atoms with van der Waals surface area (Å²) in [6.45, 7) is 7.40. The van der Waals surface area contributed by atoms with Gasteiger partial charge in [0.05, 0.1) is 30.8 Å². The Morgan fingerprint density at radius 3 is 2.39 bits per heavy atom. The van der Waals surface area contributed by atoms with Crippen LogP contribution in [0.15, 0.2) is 12.1 Å². The molecule has 1 aliphatic heterocycles. The van der Waals surface area contributed by atoms with Crippen molar-refractivity contribution in [3.8, 4) is 5.75 Å². The molecule has 1 saturated heterocycles. The third kappa shape index (κ3) is 1.91. The van der Waals surface area contributed by atoms with E-state index in [0.29, 0.717) is 24.0 Å². The van der Waals surface area contributed by atoms with E-state index in [4.69, 9.17) is 26.8 Å². The minimum atomic E-state index is -0.353. The first-order chi connectivity index (χ1) is 8.32. The molecule has 0 radical (unpaired) electrons. The SMILES string of the molecule is COc1cc(C)c(C2(C(C)(C)N)COC2)cc1Cl. The van der Waals surface area contributed by atoms with Crippen molar-refractivity contribution in [1.82, 2.24) is 0 Å². The van der Waals surface area contributed by atoms with Crippen LogP contribution < -0.4 is 10.5 Å². The van der Waals surface area contributed by atoms with Gasteiger partial charge in [0, 0.05) is 5.54 Å². The zero-order valence-electron chi connectivity index (χ0n) is 11.3. The van der Waals surface area contributed by atoms with Gasteiger partial charge < -0.3 is 15.2 Å². The van der Waals surface area contributed by atoms with E-state index >= 15 is 0 Å². The predicted molar refractivity (Wildman–Crippen MR) is 73.5 cm³/mol. The maximum atomic E-state index is 6.34. The lowest BCUT2D eigenvalue weighted by Gasteiger charge is -2.51. The number of ether oxygens (including phenoxy) is 2. The van der Waals surface area contributed by atoms with E-state index in [1.807, 2.05) is 26.0 Å². The summed E-state index contributed by atoms with van der Waals surface area (Å²) >= 11 is 6.23. The van der Waals surface area contributed by atoms with Gasteiger partial charge >= 0.3 is 0 Å². The molecule has 3 nitrogen and oxygen atoms in total. The van der Waals surface area contributed by atoms with Crippen LogP contribution >= 0.6 is 11.6 Å². The van der Waals surface area contributed by atoms with Crippen molar-refractivity contribution >= 4 is 11.6 Å². The Hall–Kier alpha value is -0.770. The first-order valence-corrected chi connectivity index (χ1v) is 6.41. The maximum absolute atomic E-state index is 6.34. The smallest absolute Gasteiger partial charge is 0.137 e. The molecule has 1 fully saturated rings. The van der Waals surface area contributed by atoms with Gasteiger partial charge in [-0.1, -0.05) is 11.6 Å². The number of hydrogen-bond acceptors (Lipinski definition) is 3. The molecule has 0 aromatic heterocycles. The van der Waals surface area contributed by atoms with Gasteiger partial charge in [0.25, 0.3) is 0 Å². The van der Waals surface area contributed by atoms with Gasteiger partial charge in [0.1, 0.15) is 5.75 Å². The molecule has 2 N–H and O–H groups in total. The van der Waals surface area contributed by atoms with E-state index in [1.165, 1.54) is 0 Å². The fraction of sp³-hybridized carbons (Fsp3) is 0.571. The summed E-state index contributed by atoms with van der Waals surface area (Å²) in [5.41, 5.74) is 8.13. The van der Waals surface area contributed by atoms with Gasteiger partial charge in [-0.15, -0.1) is 0 Å². The van der Waals surface area contributed by atoms with Crippen molar-refractivity contribution in [2.24, 2.45) is 5.73 Å². The van der Waals surface area contributed by atoms with Crippen LogP contribution in [-0.2, 0) is 10.2 Å². The Morgan fingerprint density at radius 1 is 1.39 bits per heavy atom. The second-order valence-electron chi connectivity index (χ2n) is 5.60. The second kappa shape index (κ2) is 4.41. The highest BCUT2D eigenvalue weighted by Crippen LogP contribution is 2.44. The lowest BCUT2D eigenvalue weighted by atomic mass is 9.64. The van der Waals surface area contributed by atoms with Crippen LogP contribution in [0.25, 0.3) is 0 Å². The molecule has 1 aliphatic rings. The third-order valence-electron chi connectivity index (χ3n) is 3.94. The summed E-state index contributed by atoms with van der Waals surface area (Å²) in [7, 11) is 1.62. The van der Waals surface area contributed by atoms with Crippen LogP contribution in [0.4, 0.5) is 0 Å². The van der Waals surface area contributed by atoms with Crippen molar-refractivity contribution < 1.29 is 9.47 Å². The zero-order chi connectivity index (χ0) is 13.6. The van der Waals surface area contributed by atoms with Gasteiger partial charge in [0.2, 0.25) is 0 Å². The van der Waals surface area contributed by atoms with Gasteiger partial charge in [-0.2, -0.15) is 0 Å². The molecule has 0 spiro atoms. The van der Waals surface area contributed by atoms with E-state index in [1.54, 1.807) is 7.11 Å². The molecule has 2 rings (SSSR count). The molecule has 0 amide bonds. The predicted octanol–water partition coefficient (Wildman–Crippen LogP) is 2.66. The molecule has 0 bridgehead atoms. The van der Waals surface area contributed by atoms with Crippen LogP contribution in [0.5, 0.6) is 5.75 Å². The summed E-state index contributed by atoms with van der Waals surface area (Å²) < 4.78 is 10.7. The molecule has 100 valence electrons. The third-order valence-corrected chi connectivity index (χ3v) is 4.24. The first kappa shape index (κ1) is 13.7. The number of benzene rings is 1. The minimum Gasteiger partial charge on any atom is -0.495 e. The van der Waals surface area contributed by atoms with E-state index in [9.17, 15) is 0 Å². The molecule has 0 unspecified atom stereocenters. The van der Waals surface area contributed by atoms with Crippen LogP contribution in [0.2, 0.25) is 5.02 Å². The molecule has 4 heteroatoms. The van der Waals surface area contributed by atoms with Gasteiger partial charge in [0.15, 0.2) is 0 Å². The van der Waals surface area contributed by atoms with Crippen LogP contribution in [-0.4, -0.2) is 25.9 Å². The molecule has 18 heavy (non-hydrogen) atoms. The van der Waals surface area contributed by atoms with Crippen molar-refractivity contribution in [1.29, 1.82) is 0 Å². The van der Waals surface area contributed by atoms with Crippen molar-refractivity contribution in [2.75, 3.05) is 20.3 Å². The molecular formula is C14H20ClNO2. The van der Waals surface area contributed by atoms with Crippen molar-refractivity contribution in [2.45, 2.75) is 31.7 Å². The van der Waals surface area contributed by atoms with Gasteiger partial charge in [-0.25, -0.2) is 0 Å². The Kier molecular flexibility index (Phi) is 3.34. The first-order valence-electron chi connectivity index (χ1n) is 6.03. The number of methoxy groups -OCH3 is 1. The lowest BCUT2D eigenvalue weighted by molar-refractivity contribution is -0.0922. The molecule has 1 aromatic carbocycles. The van der Waals surface area contributed by atoms with Crippen LogP contribution in [0.3, 0.4) is 0 Å². The average molecular weight is 270 g/mol. The van der Waals surface area contributed by atoms with E-state index < -0.39 is 0 Å². The highest BCUT2D eigenvalue weighted by Gasteiger charge is 2.51. The normalized spacial score (nSPS) is 18.3.